The third-order valence-corrected chi connectivity index (χ3v) is 3.82. The molecule has 100 valence electrons. The van der Waals surface area contributed by atoms with Crippen LogP contribution in [0.3, 0.4) is 0 Å². The van der Waals surface area contributed by atoms with Crippen molar-refractivity contribution >= 4 is 15.5 Å². The number of nitrogens with one attached hydrogen (secondary N) is 1. The van der Waals surface area contributed by atoms with Gasteiger partial charge in [-0.1, -0.05) is 12.1 Å². The van der Waals surface area contributed by atoms with Crippen LogP contribution in [0.25, 0.3) is 0 Å². The molecule has 0 amide bonds. The van der Waals surface area contributed by atoms with Gasteiger partial charge in [0.15, 0.2) is 9.84 Å². The topological polar surface area (TPSA) is 46.2 Å². The summed E-state index contributed by atoms with van der Waals surface area (Å²) in [5, 5.41) is 3.14. The smallest absolute Gasteiger partial charge is 0.175 e. The Morgan fingerprint density at radius 1 is 1.00 bits per heavy atom. The lowest BCUT2D eigenvalue weighted by Gasteiger charge is -2.07. The van der Waals surface area contributed by atoms with Crippen molar-refractivity contribution in [1.29, 1.82) is 0 Å². The third-order valence-electron chi connectivity index (χ3n) is 2.69. The number of sulfone groups is 1. The molecule has 0 aromatic heterocycles. The van der Waals surface area contributed by atoms with Crippen molar-refractivity contribution in [1.82, 2.24) is 0 Å². The summed E-state index contributed by atoms with van der Waals surface area (Å²) in [6.45, 7) is 0.554. The highest BCUT2D eigenvalue weighted by atomic mass is 32.2. The molecule has 1 N–H and O–H groups in total. The van der Waals surface area contributed by atoms with Gasteiger partial charge in [0.25, 0.3) is 0 Å². The van der Waals surface area contributed by atoms with Crippen LogP contribution in [-0.4, -0.2) is 14.7 Å². The van der Waals surface area contributed by atoms with Gasteiger partial charge in [0.2, 0.25) is 0 Å². The Bertz CT molecular complexity index is 649. The van der Waals surface area contributed by atoms with Crippen molar-refractivity contribution in [3.8, 4) is 0 Å². The molecule has 0 saturated carbocycles. The Hall–Kier alpha value is -1.88. The number of benzene rings is 2. The molecule has 0 atom stereocenters. The number of halogens is 1. The van der Waals surface area contributed by atoms with Gasteiger partial charge in [-0.3, -0.25) is 0 Å². The Labute approximate surface area is 112 Å². The second kappa shape index (κ2) is 5.40. The molecule has 2 aromatic rings. The van der Waals surface area contributed by atoms with Gasteiger partial charge in [0.1, 0.15) is 5.82 Å². The summed E-state index contributed by atoms with van der Waals surface area (Å²) < 4.78 is 35.3. The first kappa shape index (κ1) is 13.5. The molecule has 3 nitrogen and oxygen atoms in total. The predicted molar refractivity (Wildman–Crippen MR) is 73.3 cm³/mol. The van der Waals surface area contributed by atoms with Crippen molar-refractivity contribution in [2.75, 3.05) is 11.6 Å². The summed E-state index contributed by atoms with van der Waals surface area (Å²) >= 11 is 0. The van der Waals surface area contributed by atoms with Crippen LogP contribution in [0.1, 0.15) is 5.56 Å². The molecule has 0 saturated heterocycles. The van der Waals surface area contributed by atoms with Gasteiger partial charge in [-0.15, -0.1) is 0 Å². The third kappa shape index (κ3) is 3.79. The van der Waals surface area contributed by atoms with E-state index in [9.17, 15) is 12.8 Å². The molecule has 0 unspecified atom stereocenters. The second-order valence-corrected chi connectivity index (χ2v) is 6.29. The van der Waals surface area contributed by atoms with E-state index in [1.165, 1.54) is 18.4 Å². The van der Waals surface area contributed by atoms with Crippen LogP contribution in [0.2, 0.25) is 0 Å². The standard InChI is InChI=1S/C14H14FNO2S/c1-19(17,18)14-8-6-13(7-9-14)16-10-11-2-4-12(15)5-3-11/h2-9,16H,10H2,1H3. The lowest BCUT2D eigenvalue weighted by Crippen LogP contribution is -2.01. The van der Waals surface area contributed by atoms with Crippen LogP contribution >= 0.6 is 0 Å². The molecule has 0 bridgehead atoms. The first-order valence-corrected chi connectivity index (χ1v) is 7.63. The Kier molecular flexibility index (Phi) is 3.85. The van der Waals surface area contributed by atoms with Crippen LogP contribution in [-0.2, 0) is 16.4 Å². The highest BCUT2D eigenvalue weighted by molar-refractivity contribution is 7.90. The molecule has 5 heteroatoms. The Morgan fingerprint density at radius 2 is 1.58 bits per heavy atom. The first-order chi connectivity index (χ1) is 8.95. The molecule has 19 heavy (non-hydrogen) atoms. The maximum absolute atomic E-state index is 12.7. The molecule has 0 heterocycles. The number of hydrogen-bond acceptors (Lipinski definition) is 3. The summed E-state index contributed by atoms with van der Waals surface area (Å²) in [5.41, 5.74) is 1.77. The van der Waals surface area contributed by atoms with Crippen LogP contribution in [0.5, 0.6) is 0 Å². The molecule has 0 aliphatic rings. The van der Waals surface area contributed by atoms with Crippen molar-refractivity contribution < 1.29 is 12.8 Å². The summed E-state index contributed by atoms with van der Waals surface area (Å²) in [6.07, 6.45) is 1.17. The van der Waals surface area contributed by atoms with Crippen LogP contribution in [0, 0.1) is 5.82 Å². The molecule has 0 aliphatic carbocycles. The molecule has 0 radical (unpaired) electrons. The molecule has 2 rings (SSSR count). The SMILES string of the molecule is CS(=O)(=O)c1ccc(NCc2ccc(F)cc2)cc1. The summed E-state index contributed by atoms with van der Waals surface area (Å²) in [5.74, 6) is -0.263. The van der Waals surface area contributed by atoms with E-state index >= 15 is 0 Å². The minimum Gasteiger partial charge on any atom is -0.381 e. The molecular formula is C14H14FNO2S. The molecular weight excluding hydrogens is 265 g/mol. The number of rotatable bonds is 4. The lowest BCUT2D eigenvalue weighted by atomic mass is 10.2. The van der Waals surface area contributed by atoms with E-state index in [0.717, 1.165) is 11.3 Å². The number of hydrogen-bond donors (Lipinski definition) is 1. The highest BCUT2D eigenvalue weighted by Crippen LogP contribution is 2.14. The van der Waals surface area contributed by atoms with Gasteiger partial charge < -0.3 is 5.32 Å². The Morgan fingerprint density at radius 3 is 2.11 bits per heavy atom. The average molecular weight is 279 g/mol. The zero-order chi connectivity index (χ0) is 13.9. The average Bonchev–Trinajstić information content (AvgIpc) is 2.37. The normalized spacial score (nSPS) is 11.3. The highest BCUT2D eigenvalue weighted by Gasteiger charge is 2.05. The van der Waals surface area contributed by atoms with E-state index in [0.29, 0.717) is 11.4 Å². The van der Waals surface area contributed by atoms with Gasteiger partial charge in [-0.25, -0.2) is 12.8 Å². The maximum atomic E-state index is 12.7. The van der Waals surface area contributed by atoms with Gasteiger partial charge in [-0.2, -0.15) is 0 Å². The van der Waals surface area contributed by atoms with E-state index in [4.69, 9.17) is 0 Å². The van der Waals surface area contributed by atoms with Crippen molar-refractivity contribution in [3.05, 3.63) is 59.9 Å². The minimum atomic E-state index is -3.16. The maximum Gasteiger partial charge on any atom is 0.175 e. The van der Waals surface area contributed by atoms with E-state index in [-0.39, 0.29) is 5.82 Å². The van der Waals surface area contributed by atoms with Gasteiger partial charge in [-0.05, 0) is 42.0 Å². The number of anilines is 1. The minimum absolute atomic E-state index is 0.263. The fraction of sp³-hybridized carbons (Fsp3) is 0.143. The molecule has 0 aliphatic heterocycles. The van der Waals surface area contributed by atoms with E-state index in [1.54, 1.807) is 36.4 Å². The first-order valence-electron chi connectivity index (χ1n) is 5.73. The quantitative estimate of drug-likeness (QED) is 0.936. The fourth-order valence-corrected chi connectivity index (χ4v) is 2.26. The molecule has 0 fully saturated rings. The van der Waals surface area contributed by atoms with Crippen molar-refractivity contribution in [2.24, 2.45) is 0 Å². The molecule has 2 aromatic carbocycles. The van der Waals surface area contributed by atoms with E-state index in [1.807, 2.05) is 0 Å². The predicted octanol–water partition coefficient (Wildman–Crippen LogP) is 2.84. The molecule has 0 spiro atoms. The van der Waals surface area contributed by atoms with Crippen molar-refractivity contribution in [2.45, 2.75) is 11.4 Å². The monoisotopic (exact) mass is 279 g/mol. The van der Waals surface area contributed by atoms with Crippen LogP contribution < -0.4 is 5.32 Å². The zero-order valence-corrected chi connectivity index (χ0v) is 11.2. The van der Waals surface area contributed by atoms with Gasteiger partial charge in [0, 0.05) is 18.5 Å². The largest absolute Gasteiger partial charge is 0.381 e. The second-order valence-electron chi connectivity index (χ2n) is 4.28. The van der Waals surface area contributed by atoms with E-state index in [2.05, 4.69) is 5.32 Å². The summed E-state index contributed by atoms with van der Waals surface area (Å²) in [4.78, 5) is 0.292. The zero-order valence-electron chi connectivity index (χ0n) is 10.4. The Balaban J connectivity index is 2.02. The fourth-order valence-electron chi connectivity index (χ4n) is 1.63. The van der Waals surface area contributed by atoms with Gasteiger partial charge in [0.05, 0.1) is 4.90 Å². The summed E-state index contributed by atoms with van der Waals surface area (Å²) in [7, 11) is -3.16. The van der Waals surface area contributed by atoms with Gasteiger partial charge >= 0.3 is 0 Å². The van der Waals surface area contributed by atoms with Crippen LogP contribution in [0.15, 0.2) is 53.4 Å². The van der Waals surface area contributed by atoms with E-state index < -0.39 is 9.84 Å². The van der Waals surface area contributed by atoms with Crippen molar-refractivity contribution in [3.63, 3.8) is 0 Å². The van der Waals surface area contributed by atoms with Crippen LogP contribution in [0.4, 0.5) is 10.1 Å². The lowest BCUT2D eigenvalue weighted by molar-refractivity contribution is 0.602. The summed E-state index contributed by atoms with van der Waals surface area (Å²) in [6, 6.07) is 12.7.